The van der Waals surface area contributed by atoms with Crippen LogP contribution in [0.2, 0.25) is 0 Å². The topological polar surface area (TPSA) is 100 Å². The summed E-state index contributed by atoms with van der Waals surface area (Å²) in [7, 11) is 0. The van der Waals surface area contributed by atoms with Crippen LogP contribution in [0.4, 0.5) is 0 Å². The molecule has 0 amide bonds. The first-order valence-electron chi connectivity index (χ1n) is 7.84. The highest BCUT2D eigenvalue weighted by atomic mass is 16.6. The Labute approximate surface area is 138 Å². The molecule has 0 radical (unpaired) electrons. The number of unbranched alkanes of at least 4 members (excludes halogenated alkanes) is 1. The second kappa shape index (κ2) is 6.76. The summed E-state index contributed by atoms with van der Waals surface area (Å²) in [5.41, 5.74) is 7.12. The molecule has 24 heavy (non-hydrogen) atoms. The molecule has 3 aromatic rings. The lowest BCUT2D eigenvalue weighted by atomic mass is 10.1. The van der Waals surface area contributed by atoms with E-state index in [4.69, 9.17) is 10.5 Å². The van der Waals surface area contributed by atoms with Crippen LogP contribution in [0.3, 0.4) is 0 Å². The van der Waals surface area contributed by atoms with Gasteiger partial charge in [-0.15, -0.1) is 0 Å². The first-order chi connectivity index (χ1) is 11.7. The molecule has 0 saturated carbocycles. The Morgan fingerprint density at radius 2 is 2.08 bits per heavy atom. The van der Waals surface area contributed by atoms with E-state index in [9.17, 15) is 9.59 Å². The summed E-state index contributed by atoms with van der Waals surface area (Å²) in [5, 5.41) is 0.905. The lowest BCUT2D eigenvalue weighted by Crippen LogP contribution is -2.21. The van der Waals surface area contributed by atoms with Gasteiger partial charge in [0.15, 0.2) is 5.69 Å². The number of nitrogens with two attached hydrogens (primary N) is 1. The van der Waals surface area contributed by atoms with Crippen molar-refractivity contribution in [3.8, 4) is 0 Å². The average Bonchev–Trinajstić information content (AvgIpc) is 3.03. The SMILES string of the molecule is CCCCn1cnc2c(C(=O)OC(=O)CN)nc3ccccc3c21. The molecular weight excluding hydrogens is 308 g/mol. The maximum Gasteiger partial charge on any atom is 0.366 e. The highest BCUT2D eigenvalue weighted by Gasteiger charge is 2.21. The fourth-order valence-corrected chi connectivity index (χ4v) is 2.62. The van der Waals surface area contributed by atoms with Crippen molar-refractivity contribution in [2.75, 3.05) is 6.54 Å². The molecule has 0 unspecified atom stereocenters. The highest BCUT2D eigenvalue weighted by molar-refractivity contribution is 6.11. The molecule has 7 heteroatoms. The molecule has 124 valence electrons. The Bertz CT molecular complexity index is 917. The van der Waals surface area contributed by atoms with Crippen LogP contribution < -0.4 is 5.73 Å². The van der Waals surface area contributed by atoms with Crippen LogP contribution in [0.25, 0.3) is 21.9 Å². The molecule has 0 aliphatic carbocycles. The number of carbonyl (C=O) groups is 2. The lowest BCUT2D eigenvalue weighted by molar-refractivity contribution is -0.136. The minimum Gasteiger partial charge on any atom is -0.387 e. The summed E-state index contributed by atoms with van der Waals surface area (Å²) in [6.07, 6.45) is 3.73. The minimum atomic E-state index is -0.832. The van der Waals surface area contributed by atoms with Gasteiger partial charge in [-0.3, -0.25) is 4.79 Å². The van der Waals surface area contributed by atoms with Crippen LogP contribution in [-0.4, -0.2) is 33.0 Å². The first-order valence-corrected chi connectivity index (χ1v) is 7.84. The fraction of sp³-hybridized carbons (Fsp3) is 0.294. The van der Waals surface area contributed by atoms with E-state index in [2.05, 4.69) is 16.9 Å². The normalized spacial score (nSPS) is 11.1. The van der Waals surface area contributed by atoms with Crippen molar-refractivity contribution in [2.45, 2.75) is 26.3 Å². The number of imidazole rings is 1. The zero-order valence-electron chi connectivity index (χ0n) is 13.4. The van der Waals surface area contributed by atoms with Gasteiger partial charge in [0.1, 0.15) is 5.52 Å². The molecule has 3 rings (SSSR count). The molecule has 7 nitrogen and oxygen atoms in total. The predicted octanol–water partition coefficient (Wildman–Crippen LogP) is 2.03. The molecule has 2 aromatic heterocycles. The van der Waals surface area contributed by atoms with Gasteiger partial charge in [-0.2, -0.15) is 0 Å². The zero-order chi connectivity index (χ0) is 17.1. The smallest absolute Gasteiger partial charge is 0.366 e. The van der Waals surface area contributed by atoms with Gasteiger partial charge in [0.2, 0.25) is 0 Å². The summed E-state index contributed by atoms with van der Waals surface area (Å²) >= 11 is 0. The van der Waals surface area contributed by atoms with Crippen molar-refractivity contribution in [3.63, 3.8) is 0 Å². The number of benzene rings is 1. The number of pyridine rings is 1. The zero-order valence-corrected chi connectivity index (χ0v) is 13.4. The largest absolute Gasteiger partial charge is 0.387 e. The Morgan fingerprint density at radius 3 is 2.83 bits per heavy atom. The summed E-state index contributed by atoms with van der Waals surface area (Å²) in [5.74, 6) is -1.63. The van der Waals surface area contributed by atoms with Crippen molar-refractivity contribution in [2.24, 2.45) is 5.73 Å². The number of hydrogen-bond donors (Lipinski definition) is 1. The van der Waals surface area contributed by atoms with Crippen LogP contribution in [-0.2, 0) is 16.1 Å². The van der Waals surface area contributed by atoms with Crippen LogP contribution in [0.15, 0.2) is 30.6 Å². The van der Waals surface area contributed by atoms with Gasteiger partial charge in [0.05, 0.1) is 23.9 Å². The van der Waals surface area contributed by atoms with E-state index in [1.165, 1.54) is 0 Å². The molecule has 0 spiro atoms. The second-order valence-corrected chi connectivity index (χ2v) is 5.43. The number of nitrogens with zero attached hydrogens (tertiary/aromatic N) is 3. The highest BCUT2D eigenvalue weighted by Crippen LogP contribution is 2.26. The molecule has 0 aliphatic heterocycles. The summed E-state index contributed by atoms with van der Waals surface area (Å²) < 4.78 is 6.72. The Kier molecular flexibility index (Phi) is 4.52. The third-order valence-corrected chi connectivity index (χ3v) is 3.77. The van der Waals surface area contributed by atoms with Gasteiger partial charge in [0, 0.05) is 11.9 Å². The van der Waals surface area contributed by atoms with Crippen LogP contribution in [0.1, 0.15) is 30.3 Å². The van der Waals surface area contributed by atoms with Crippen molar-refractivity contribution < 1.29 is 14.3 Å². The summed E-state index contributed by atoms with van der Waals surface area (Å²) in [6.45, 7) is 2.53. The molecule has 2 heterocycles. The van der Waals surface area contributed by atoms with E-state index in [0.717, 1.165) is 30.3 Å². The van der Waals surface area contributed by atoms with Crippen LogP contribution >= 0.6 is 0 Å². The van der Waals surface area contributed by atoms with Gasteiger partial charge in [0.25, 0.3) is 0 Å². The Hall–Kier alpha value is -2.80. The van der Waals surface area contributed by atoms with E-state index in [1.807, 2.05) is 28.8 Å². The minimum absolute atomic E-state index is 0.0285. The van der Waals surface area contributed by atoms with E-state index < -0.39 is 11.9 Å². The molecule has 2 N–H and O–H groups in total. The molecule has 0 fully saturated rings. The van der Waals surface area contributed by atoms with Crippen molar-refractivity contribution in [1.82, 2.24) is 14.5 Å². The number of hydrogen-bond acceptors (Lipinski definition) is 6. The van der Waals surface area contributed by atoms with Gasteiger partial charge in [-0.1, -0.05) is 31.5 Å². The molecule has 1 aromatic carbocycles. The number of aryl methyl sites for hydroxylation is 1. The van der Waals surface area contributed by atoms with E-state index in [0.29, 0.717) is 11.0 Å². The quantitative estimate of drug-likeness (QED) is 0.569. The number of aromatic nitrogens is 3. The van der Waals surface area contributed by atoms with E-state index >= 15 is 0 Å². The van der Waals surface area contributed by atoms with Gasteiger partial charge in [-0.05, 0) is 12.5 Å². The maximum atomic E-state index is 12.3. The second-order valence-electron chi connectivity index (χ2n) is 5.43. The fourth-order valence-electron chi connectivity index (χ4n) is 2.62. The van der Waals surface area contributed by atoms with Crippen LogP contribution in [0, 0.1) is 0 Å². The number of fused-ring (bicyclic) bond motifs is 3. The number of carbonyl (C=O) groups excluding carboxylic acids is 2. The number of esters is 2. The third-order valence-electron chi connectivity index (χ3n) is 3.77. The molecule has 0 atom stereocenters. The van der Waals surface area contributed by atoms with Crippen molar-refractivity contribution in [1.29, 1.82) is 0 Å². The number of ether oxygens (including phenoxy) is 1. The van der Waals surface area contributed by atoms with Gasteiger partial charge in [-0.25, -0.2) is 14.8 Å². The third kappa shape index (κ3) is 2.85. The monoisotopic (exact) mass is 326 g/mol. The Balaban J connectivity index is 2.20. The lowest BCUT2D eigenvalue weighted by Gasteiger charge is -2.08. The maximum absolute atomic E-state index is 12.3. The van der Waals surface area contributed by atoms with E-state index in [-0.39, 0.29) is 12.2 Å². The van der Waals surface area contributed by atoms with E-state index in [1.54, 1.807) is 6.33 Å². The van der Waals surface area contributed by atoms with Crippen LogP contribution in [0.5, 0.6) is 0 Å². The summed E-state index contributed by atoms with van der Waals surface area (Å²) in [6, 6.07) is 7.51. The summed E-state index contributed by atoms with van der Waals surface area (Å²) in [4.78, 5) is 32.3. The predicted molar refractivity (Wildman–Crippen MR) is 89.4 cm³/mol. The number of para-hydroxylation sites is 1. The molecule has 0 saturated heterocycles. The van der Waals surface area contributed by atoms with Crippen molar-refractivity contribution >= 4 is 33.9 Å². The first kappa shape index (κ1) is 16.1. The molecule has 0 aliphatic rings. The number of rotatable bonds is 5. The average molecular weight is 326 g/mol. The molecule has 0 bridgehead atoms. The standard InChI is InChI=1S/C17H18N4O3/c1-2-3-8-21-10-19-14-15(17(23)24-13(22)9-18)20-12-7-5-4-6-11(12)16(14)21/h4-7,10H,2-3,8-9,18H2,1H3. The van der Waals surface area contributed by atoms with Gasteiger partial charge >= 0.3 is 11.9 Å². The molecular formula is C17H18N4O3. The van der Waals surface area contributed by atoms with Gasteiger partial charge < -0.3 is 15.0 Å². The Morgan fingerprint density at radius 1 is 1.29 bits per heavy atom. The van der Waals surface area contributed by atoms with Crippen molar-refractivity contribution in [3.05, 3.63) is 36.3 Å².